The number of halogens is 1. The van der Waals surface area contributed by atoms with Crippen LogP contribution in [0.1, 0.15) is 11.3 Å². The van der Waals surface area contributed by atoms with E-state index in [4.69, 9.17) is 11.6 Å². The van der Waals surface area contributed by atoms with Crippen LogP contribution in [0.5, 0.6) is 0 Å². The van der Waals surface area contributed by atoms with Crippen LogP contribution in [0.3, 0.4) is 0 Å². The first-order chi connectivity index (χ1) is 13.6. The lowest BCUT2D eigenvalue weighted by molar-refractivity contribution is -0.130. The Morgan fingerprint density at radius 1 is 1.11 bits per heavy atom. The first-order valence-electron chi connectivity index (χ1n) is 9.24. The molecule has 2 aromatic heterocycles. The topological polar surface area (TPSA) is 49.3 Å². The molecule has 1 fully saturated rings. The number of thiazole rings is 1. The molecule has 1 aliphatic heterocycles. The van der Waals surface area contributed by atoms with Crippen LogP contribution in [0.2, 0.25) is 5.02 Å². The Balaban J connectivity index is 1.33. The van der Waals surface area contributed by atoms with E-state index in [-0.39, 0.29) is 5.91 Å². The molecule has 0 atom stereocenters. The minimum Gasteiger partial charge on any atom is -0.353 e. The SMILES string of the molecule is Cc1ccc(-c2nc(CC(=O)N3CCN(c4ccc(Cl)cn4)CC3)cs2)cc1. The van der Waals surface area contributed by atoms with Gasteiger partial charge >= 0.3 is 0 Å². The van der Waals surface area contributed by atoms with E-state index in [1.165, 1.54) is 5.56 Å². The second-order valence-electron chi connectivity index (χ2n) is 6.89. The average Bonchev–Trinajstić information content (AvgIpc) is 3.18. The molecule has 5 nitrogen and oxygen atoms in total. The fourth-order valence-electron chi connectivity index (χ4n) is 3.22. The van der Waals surface area contributed by atoms with E-state index in [9.17, 15) is 4.79 Å². The molecule has 4 rings (SSSR count). The lowest BCUT2D eigenvalue weighted by atomic mass is 10.2. The van der Waals surface area contributed by atoms with Gasteiger partial charge in [0.1, 0.15) is 10.8 Å². The highest BCUT2D eigenvalue weighted by molar-refractivity contribution is 7.13. The first-order valence-corrected chi connectivity index (χ1v) is 10.5. The minimum atomic E-state index is 0.129. The zero-order chi connectivity index (χ0) is 19.5. The molecule has 0 N–H and O–H groups in total. The van der Waals surface area contributed by atoms with E-state index in [0.29, 0.717) is 24.5 Å². The molecule has 1 aromatic carbocycles. The number of hydrogen-bond acceptors (Lipinski definition) is 5. The molecule has 7 heteroatoms. The van der Waals surface area contributed by atoms with E-state index in [1.807, 2.05) is 22.4 Å². The summed E-state index contributed by atoms with van der Waals surface area (Å²) in [6.45, 7) is 4.99. The summed E-state index contributed by atoms with van der Waals surface area (Å²) in [4.78, 5) is 25.8. The van der Waals surface area contributed by atoms with Gasteiger partial charge < -0.3 is 9.80 Å². The molecule has 144 valence electrons. The molecular weight excluding hydrogens is 392 g/mol. The summed E-state index contributed by atoms with van der Waals surface area (Å²) in [6, 6.07) is 12.1. The molecule has 28 heavy (non-hydrogen) atoms. The third-order valence-corrected chi connectivity index (χ3v) is 6.01. The summed E-state index contributed by atoms with van der Waals surface area (Å²) < 4.78 is 0. The molecule has 3 aromatic rings. The van der Waals surface area contributed by atoms with Crippen molar-refractivity contribution in [3.8, 4) is 10.6 Å². The van der Waals surface area contributed by atoms with Crippen LogP contribution in [0.15, 0.2) is 48.0 Å². The van der Waals surface area contributed by atoms with Crippen LogP contribution in [-0.2, 0) is 11.2 Å². The number of rotatable bonds is 4. The van der Waals surface area contributed by atoms with Gasteiger partial charge in [0.15, 0.2) is 0 Å². The zero-order valence-electron chi connectivity index (χ0n) is 15.6. The number of pyridine rings is 1. The lowest BCUT2D eigenvalue weighted by Crippen LogP contribution is -2.49. The number of aromatic nitrogens is 2. The van der Waals surface area contributed by atoms with E-state index in [2.05, 4.69) is 46.1 Å². The van der Waals surface area contributed by atoms with E-state index >= 15 is 0 Å². The molecule has 0 aliphatic carbocycles. The fraction of sp³-hybridized carbons (Fsp3) is 0.286. The highest BCUT2D eigenvalue weighted by Crippen LogP contribution is 2.24. The summed E-state index contributed by atoms with van der Waals surface area (Å²) in [5, 5.41) is 3.58. The zero-order valence-corrected chi connectivity index (χ0v) is 17.2. The molecule has 3 heterocycles. The standard InChI is InChI=1S/C21H21ClN4OS/c1-15-2-4-16(5-3-15)21-24-18(14-28-21)12-20(27)26-10-8-25(9-11-26)19-7-6-17(22)13-23-19/h2-7,13-14H,8-12H2,1H3. The Bertz CT molecular complexity index is 947. The van der Waals surface area contributed by atoms with Gasteiger partial charge in [-0.25, -0.2) is 9.97 Å². The summed E-state index contributed by atoms with van der Waals surface area (Å²) in [5.74, 6) is 1.03. The quantitative estimate of drug-likeness (QED) is 0.648. The Morgan fingerprint density at radius 2 is 1.86 bits per heavy atom. The number of carbonyl (C=O) groups is 1. The number of benzene rings is 1. The maximum Gasteiger partial charge on any atom is 0.228 e. The van der Waals surface area contributed by atoms with Gasteiger partial charge in [-0.15, -0.1) is 11.3 Å². The molecule has 1 amide bonds. The molecular formula is C21H21ClN4OS. The van der Waals surface area contributed by atoms with Gasteiger partial charge in [-0.1, -0.05) is 41.4 Å². The summed E-state index contributed by atoms with van der Waals surface area (Å²) in [5.41, 5.74) is 3.16. The summed E-state index contributed by atoms with van der Waals surface area (Å²) in [7, 11) is 0. The number of piperazine rings is 1. The summed E-state index contributed by atoms with van der Waals surface area (Å²) >= 11 is 7.49. The number of hydrogen-bond donors (Lipinski definition) is 0. The first kappa shape index (κ1) is 18.9. The van der Waals surface area contributed by atoms with Crippen LogP contribution in [0, 0.1) is 6.92 Å². The van der Waals surface area contributed by atoms with Gasteiger partial charge in [0.25, 0.3) is 0 Å². The largest absolute Gasteiger partial charge is 0.353 e. The second kappa shape index (κ2) is 8.29. The van der Waals surface area contributed by atoms with Crippen molar-refractivity contribution in [1.29, 1.82) is 0 Å². The Kier molecular flexibility index (Phi) is 5.59. The number of carbonyl (C=O) groups excluding carboxylic acids is 1. The van der Waals surface area contributed by atoms with E-state index < -0.39 is 0 Å². The number of aryl methyl sites for hydroxylation is 1. The van der Waals surface area contributed by atoms with E-state index in [1.54, 1.807) is 17.5 Å². The number of anilines is 1. The fourth-order valence-corrected chi connectivity index (χ4v) is 4.16. The van der Waals surface area contributed by atoms with Gasteiger partial charge in [-0.2, -0.15) is 0 Å². The Morgan fingerprint density at radius 3 is 2.54 bits per heavy atom. The Labute approximate surface area is 173 Å². The van der Waals surface area contributed by atoms with Gasteiger partial charge in [0, 0.05) is 43.3 Å². The highest BCUT2D eigenvalue weighted by Gasteiger charge is 2.22. The van der Waals surface area contributed by atoms with Crippen molar-refractivity contribution >= 4 is 34.7 Å². The van der Waals surface area contributed by atoms with Gasteiger partial charge in [0.05, 0.1) is 17.1 Å². The van der Waals surface area contributed by atoms with Crippen LogP contribution in [0.25, 0.3) is 10.6 Å². The lowest BCUT2D eigenvalue weighted by Gasteiger charge is -2.35. The normalized spacial score (nSPS) is 14.4. The van der Waals surface area contributed by atoms with E-state index in [0.717, 1.165) is 35.2 Å². The van der Waals surface area contributed by atoms with Crippen molar-refractivity contribution in [3.63, 3.8) is 0 Å². The Hall–Kier alpha value is -2.44. The minimum absolute atomic E-state index is 0.129. The molecule has 0 unspecified atom stereocenters. The van der Waals surface area contributed by atoms with Crippen LogP contribution >= 0.6 is 22.9 Å². The summed E-state index contributed by atoms with van der Waals surface area (Å²) in [6.07, 6.45) is 2.00. The molecule has 1 saturated heterocycles. The third kappa shape index (κ3) is 4.34. The predicted molar refractivity (Wildman–Crippen MR) is 114 cm³/mol. The van der Waals surface area contributed by atoms with Crippen molar-refractivity contribution in [2.24, 2.45) is 0 Å². The average molecular weight is 413 g/mol. The van der Waals surface area contributed by atoms with Gasteiger partial charge in [0.2, 0.25) is 5.91 Å². The molecule has 0 saturated carbocycles. The van der Waals surface area contributed by atoms with Crippen LogP contribution in [0.4, 0.5) is 5.82 Å². The van der Waals surface area contributed by atoms with Gasteiger partial charge in [-0.05, 0) is 19.1 Å². The molecule has 0 radical (unpaired) electrons. The number of nitrogens with zero attached hydrogens (tertiary/aromatic N) is 4. The van der Waals surface area contributed by atoms with Crippen molar-refractivity contribution in [3.05, 3.63) is 64.3 Å². The maximum atomic E-state index is 12.7. The highest BCUT2D eigenvalue weighted by atomic mass is 35.5. The monoisotopic (exact) mass is 412 g/mol. The van der Waals surface area contributed by atoms with Crippen LogP contribution < -0.4 is 4.90 Å². The van der Waals surface area contributed by atoms with Crippen molar-refractivity contribution in [2.45, 2.75) is 13.3 Å². The second-order valence-corrected chi connectivity index (χ2v) is 8.18. The van der Waals surface area contributed by atoms with Gasteiger partial charge in [-0.3, -0.25) is 4.79 Å². The van der Waals surface area contributed by atoms with Crippen LogP contribution in [-0.4, -0.2) is 47.0 Å². The maximum absolute atomic E-state index is 12.7. The molecule has 0 bridgehead atoms. The van der Waals surface area contributed by atoms with Crippen molar-refractivity contribution in [1.82, 2.24) is 14.9 Å². The van der Waals surface area contributed by atoms with Crippen molar-refractivity contribution in [2.75, 3.05) is 31.1 Å². The smallest absolute Gasteiger partial charge is 0.228 e. The predicted octanol–water partition coefficient (Wildman–Crippen LogP) is 4.06. The third-order valence-electron chi connectivity index (χ3n) is 4.85. The number of amides is 1. The molecule has 1 aliphatic rings. The molecule has 0 spiro atoms. The van der Waals surface area contributed by atoms with Crippen molar-refractivity contribution < 1.29 is 4.79 Å².